The Bertz CT molecular complexity index is 958. The molecule has 2 aromatic carbocycles. The largest absolute Gasteiger partial charge is 0.497 e. The summed E-state index contributed by atoms with van der Waals surface area (Å²) in [6, 6.07) is 13.4. The molecular weight excluding hydrogens is 402 g/mol. The van der Waals surface area contributed by atoms with E-state index in [-0.39, 0.29) is 35.1 Å². The van der Waals surface area contributed by atoms with Crippen LogP contribution in [0.25, 0.3) is 0 Å². The van der Waals surface area contributed by atoms with Gasteiger partial charge in [0.15, 0.2) is 5.78 Å². The predicted molar refractivity (Wildman–Crippen MR) is 105 cm³/mol. The Morgan fingerprint density at radius 1 is 1.07 bits per heavy atom. The summed E-state index contributed by atoms with van der Waals surface area (Å²) in [6.07, 6.45) is 0. The number of rotatable bonds is 8. The van der Waals surface area contributed by atoms with Crippen LogP contribution in [0.3, 0.4) is 0 Å². The zero-order chi connectivity index (χ0) is 19.9. The fourth-order valence-corrected chi connectivity index (χ4v) is 3.02. The van der Waals surface area contributed by atoms with Crippen molar-refractivity contribution in [1.82, 2.24) is 15.5 Å². The Hall–Kier alpha value is -2.84. The minimum Gasteiger partial charge on any atom is -0.497 e. The molecule has 0 atom stereocenters. The first-order valence-corrected chi connectivity index (χ1v) is 9.57. The van der Waals surface area contributed by atoms with Crippen molar-refractivity contribution >= 4 is 35.1 Å². The van der Waals surface area contributed by atoms with Gasteiger partial charge in [-0.25, -0.2) is 0 Å². The van der Waals surface area contributed by atoms with Crippen LogP contribution in [0.4, 0.5) is 0 Å². The molecule has 0 spiro atoms. The third-order valence-electron chi connectivity index (χ3n) is 3.69. The van der Waals surface area contributed by atoms with Gasteiger partial charge in [-0.3, -0.25) is 9.59 Å². The van der Waals surface area contributed by atoms with Gasteiger partial charge < -0.3 is 14.5 Å². The van der Waals surface area contributed by atoms with Crippen molar-refractivity contribution in [2.75, 3.05) is 12.9 Å². The van der Waals surface area contributed by atoms with Crippen LogP contribution in [0.2, 0.25) is 5.02 Å². The standard InChI is InChI=1S/C19H16ClN3O4S/c1-26-15-8-4-13(5-9-15)18(25)21-10-17-22-23-19(27-17)28-11-16(24)12-2-6-14(20)7-3-12/h2-9H,10-11H2,1H3,(H,21,25). The Kier molecular flexibility index (Phi) is 6.67. The number of nitrogens with one attached hydrogen (secondary N) is 1. The van der Waals surface area contributed by atoms with Crippen molar-refractivity contribution in [1.29, 1.82) is 0 Å². The zero-order valence-electron chi connectivity index (χ0n) is 14.8. The molecule has 3 aromatic rings. The van der Waals surface area contributed by atoms with Gasteiger partial charge >= 0.3 is 0 Å². The maximum atomic E-state index is 12.1. The summed E-state index contributed by atoms with van der Waals surface area (Å²) in [6.45, 7) is 0.0869. The van der Waals surface area contributed by atoms with Crippen LogP contribution in [-0.4, -0.2) is 34.8 Å². The van der Waals surface area contributed by atoms with Gasteiger partial charge in [-0.2, -0.15) is 0 Å². The Morgan fingerprint density at radius 3 is 2.43 bits per heavy atom. The molecule has 7 nitrogen and oxygen atoms in total. The van der Waals surface area contributed by atoms with Gasteiger partial charge in [-0.05, 0) is 48.5 Å². The molecule has 28 heavy (non-hydrogen) atoms. The number of benzene rings is 2. The van der Waals surface area contributed by atoms with Gasteiger partial charge in [0, 0.05) is 16.1 Å². The topological polar surface area (TPSA) is 94.3 Å². The second-order valence-corrected chi connectivity index (χ2v) is 6.95. The Labute approximate surface area is 170 Å². The highest BCUT2D eigenvalue weighted by molar-refractivity contribution is 7.99. The number of thioether (sulfide) groups is 1. The van der Waals surface area contributed by atoms with Crippen molar-refractivity contribution in [3.63, 3.8) is 0 Å². The summed E-state index contributed by atoms with van der Waals surface area (Å²) in [4.78, 5) is 24.3. The van der Waals surface area contributed by atoms with Gasteiger partial charge in [0.05, 0.1) is 19.4 Å². The van der Waals surface area contributed by atoms with Crippen LogP contribution in [0.15, 0.2) is 58.2 Å². The van der Waals surface area contributed by atoms with Crippen molar-refractivity contribution in [2.45, 2.75) is 11.8 Å². The summed E-state index contributed by atoms with van der Waals surface area (Å²) < 4.78 is 10.5. The Morgan fingerprint density at radius 2 is 1.75 bits per heavy atom. The molecule has 1 amide bonds. The minimum atomic E-state index is -0.270. The average molecular weight is 418 g/mol. The zero-order valence-corrected chi connectivity index (χ0v) is 16.4. The number of ether oxygens (including phenoxy) is 1. The number of amides is 1. The van der Waals surface area contributed by atoms with E-state index in [4.69, 9.17) is 20.8 Å². The van der Waals surface area contributed by atoms with E-state index in [1.54, 1.807) is 55.6 Å². The van der Waals surface area contributed by atoms with Crippen LogP contribution >= 0.6 is 23.4 Å². The molecule has 0 radical (unpaired) electrons. The van der Waals surface area contributed by atoms with Crippen molar-refractivity contribution in [3.05, 3.63) is 70.6 Å². The number of hydrogen-bond acceptors (Lipinski definition) is 7. The summed E-state index contributed by atoms with van der Waals surface area (Å²) >= 11 is 6.95. The molecule has 0 aliphatic carbocycles. The molecular formula is C19H16ClN3O4S. The molecule has 0 aliphatic heterocycles. The normalized spacial score (nSPS) is 10.5. The number of carbonyl (C=O) groups excluding carboxylic acids is 2. The molecule has 3 rings (SSSR count). The number of ketones is 1. The smallest absolute Gasteiger partial charge is 0.277 e. The highest BCUT2D eigenvalue weighted by Gasteiger charge is 2.13. The number of methoxy groups -OCH3 is 1. The fourth-order valence-electron chi connectivity index (χ4n) is 2.21. The third kappa shape index (κ3) is 5.34. The van der Waals surface area contributed by atoms with E-state index in [1.807, 2.05) is 0 Å². The van der Waals surface area contributed by atoms with Gasteiger partial charge in [0.2, 0.25) is 5.89 Å². The summed E-state index contributed by atoms with van der Waals surface area (Å²) in [7, 11) is 1.56. The molecule has 9 heteroatoms. The third-order valence-corrected chi connectivity index (χ3v) is 4.76. The number of nitrogens with zero attached hydrogens (tertiary/aromatic N) is 2. The number of aromatic nitrogens is 2. The van der Waals surface area contributed by atoms with E-state index in [2.05, 4.69) is 15.5 Å². The van der Waals surface area contributed by atoms with Gasteiger partial charge in [-0.1, -0.05) is 23.4 Å². The van der Waals surface area contributed by atoms with Crippen molar-refractivity contribution < 1.29 is 18.7 Å². The first kappa shape index (κ1) is 19.9. The average Bonchev–Trinajstić information content (AvgIpc) is 3.18. The molecule has 0 saturated carbocycles. The lowest BCUT2D eigenvalue weighted by atomic mass is 10.1. The van der Waals surface area contributed by atoms with E-state index in [0.717, 1.165) is 11.8 Å². The second-order valence-electron chi connectivity index (χ2n) is 5.59. The molecule has 1 N–H and O–H groups in total. The van der Waals surface area contributed by atoms with E-state index in [1.165, 1.54) is 0 Å². The van der Waals surface area contributed by atoms with Crippen LogP contribution < -0.4 is 10.1 Å². The predicted octanol–water partition coefficient (Wildman–Crippen LogP) is 3.64. The molecule has 0 aliphatic rings. The molecule has 0 saturated heterocycles. The highest BCUT2D eigenvalue weighted by Crippen LogP contribution is 2.19. The van der Waals surface area contributed by atoms with Gasteiger partial charge in [-0.15, -0.1) is 10.2 Å². The minimum absolute atomic E-state index is 0.0748. The molecule has 0 unspecified atom stereocenters. The molecule has 0 bridgehead atoms. The SMILES string of the molecule is COc1ccc(C(=O)NCc2nnc(SCC(=O)c3ccc(Cl)cc3)o2)cc1. The van der Waals surface area contributed by atoms with Crippen molar-refractivity contribution in [3.8, 4) is 5.75 Å². The number of Topliss-reactive ketones (excluding diaryl/α,β-unsaturated/α-hetero) is 1. The van der Waals surface area contributed by atoms with Crippen LogP contribution in [0.5, 0.6) is 5.75 Å². The molecule has 144 valence electrons. The first-order chi connectivity index (χ1) is 13.5. The van der Waals surface area contributed by atoms with Crippen LogP contribution in [0, 0.1) is 0 Å². The maximum Gasteiger partial charge on any atom is 0.277 e. The molecule has 0 fully saturated rings. The molecule has 1 heterocycles. The summed E-state index contributed by atoms with van der Waals surface area (Å²) in [5.41, 5.74) is 1.05. The summed E-state index contributed by atoms with van der Waals surface area (Å²) in [5.74, 6) is 0.732. The lowest BCUT2D eigenvalue weighted by Gasteiger charge is -2.04. The molecule has 1 aromatic heterocycles. The number of halogens is 1. The second kappa shape index (κ2) is 9.38. The first-order valence-electron chi connectivity index (χ1n) is 8.21. The monoisotopic (exact) mass is 417 g/mol. The Balaban J connectivity index is 1.48. The lowest BCUT2D eigenvalue weighted by molar-refractivity contribution is 0.0946. The van der Waals surface area contributed by atoms with E-state index < -0.39 is 0 Å². The van der Waals surface area contributed by atoms with E-state index >= 15 is 0 Å². The van der Waals surface area contributed by atoms with Gasteiger partial charge in [0.1, 0.15) is 5.75 Å². The van der Waals surface area contributed by atoms with E-state index in [0.29, 0.717) is 21.9 Å². The van der Waals surface area contributed by atoms with Crippen LogP contribution in [0.1, 0.15) is 26.6 Å². The van der Waals surface area contributed by atoms with Gasteiger partial charge in [0.25, 0.3) is 11.1 Å². The lowest BCUT2D eigenvalue weighted by Crippen LogP contribution is -2.22. The fraction of sp³-hybridized carbons (Fsp3) is 0.158. The highest BCUT2D eigenvalue weighted by atomic mass is 35.5. The van der Waals surface area contributed by atoms with Crippen LogP contribution in [-0.2, 0) is 6.54 Å². The number of hydrogen-bond donors (Lipinski definition) is 1. The van der Waals surface area contributed by atoms with E-state index in [9.17, 15) is 9.59 Å². The maximum absolute atomic E-state index is 12.1. The number of carbonyl (C=O) groups is 2. The quantitative estimate of drug-likeness (QED) is 0.441. The summed E-state index contributed by atoms with van der Waals surface area (Å²) in [5, 5.41) is 11.3. The van der Waals surface area contributed by atoms with Crippen molar-refractivity contribution in [2.24, 2.45) is 0 Å².